The molecule has 0 aliphatic carbocycles. The fraction of sp³-hybridized carbons (Fsp3) is 0.500. The van der Waals surface area contributed by atoms with Gasteiger partial charge in [0.2, 0.25) is 6.41 Å². The Morgan fingerprint density at radius 1 is 1.29 bits per heavy atom. The molecular weight excluding hydrogens is 212 g/mol. The number of hydrogen-bond acceptors (Lipinski definition) is 2. The summed E-state index contributed by atoms with van der Waals surface area (Å²) >= 11 is 0. The lowest BCUT2D eigenvalue weighted by atomic mass is 9.99. The standard InChI is InChI=1S/C14H20N2O/c1-12-6-8-16(9-7-12)14-4-2-13(3-5-14)10-15-11-17/h2-5,11-12H,6-10H2,1H3,(H,15,17). The van der Waals surface area contributed by atoms with Gasteiger partial charge in [-0.1, -0.05) is 19.1 Å². The molecule has 3 nitrogen and oxygen atoms in total. The number of amides is 1. The normalized spacial score (nSPS) is 16.9. The van der Waals surface area contributed by atoms with E-state index in [1.54, 1.807) is 0 Å². The largest absolute Gasteiger partial charge is 0.372 e. The third kappa shape index (κ3) is 3.22. The molecule has 92 valence electrons. The summed E-state index contributed by atoms with van der Waals surface area (Å²) in [5.74, 6) is 0.863. The number of rotatable bonds is 4. The summed E-state index contributed by atoms with van der Waals surface area (Å²) in [6.07, 6.45) is 3.31. The first-order chi connectivity index (χ1) is 8.29. The molecule has 1 aromatic rings. The number of piperidine rings is 1. The minimum absolute atomic E-state index is 0.612. The molecule has 2 rings (SSSR count). The van der Waals surface area contributed by atoms with Gasteiger partial charge in [0, 0.05) is 25.3 Å². The fourth-order valence-corrected chi connectivity index (χ4v) is 2.25. The molecule has 1 aromatic carbocycles. The lowest BCUT2D eigenvalue weighted by Crippen LogP contribution is -2.32. The van der Waals surface area contributed by atoms with Crippen LogP contribution in [0, 0.1) is 5.92 Å². The van der Waals surface area contributed by atoms with Crippen LogP contribution in [0.15, 0.2) is 24.3 Å². The minimum Gasteiger partial charge on any atom is -0.372 e. The second-order valence-electron chi connectivity index (χ2n) is 4.83. The van der Waals surface area contributed by atoms with Crippen LogP contribution in [0.1, 0.15) is 25.3 Å². The monoisotopic (exact) mass is 232 g/mol. The Bertz CT molecular complexity index is 353. The molecule has 1 aliphatic heterocycles. The van der Waals surface area contributed by atoms with Gasteiger partial charge in [-0.25, -0.2) is 0 Å². The average molecular weight is 232 g/mol. The smallest absolute Gasteiger partial charge is 0.207 e. The Kier molecular flexibility index (Phi) is 4.02. The van der Waals surface area contributed by atoms with Crippen LogP contribution in [0.25, 0.3) is 0 Å². The summed E-state index contributed by atoms with van der Waals surface area (Å²) in [6.45, 7) is 5.26. The van der Waals surface area contributed by atoms with Gasteiger partial charge in [-0.3, -0.25) is 4.79 Å². The molecule has 0 atom stereocenters. The highest BCUT2D eigenvalue weighted by atomic mass is 16.1. The van der Waals surface area contributed by atoms with Crippen LogP contribution in [-0.2, 0) is 11.3 Å². The number of hydrogen-bond donors (Lipinski definition) is 1. The first kappa shape index (κ1) is 12.0. The van der Waals surface area contributed by atoms with Gasteiger partial charge in [-0.15, -0.1) is 0 Å². The zero-order chi connectivity index (χ0) is 12.1. The van der Waals surface area contributed by atoms with Crippen molar-refractivity contribution in [3.63, 3.8) is 0 Å². The van der Waals surface area contributed by atoms with Crippen LogP contribution in [-0.4, -0.2) is 19.5 Å². The van der Waals surface area contributed by atoms with Crippen molar-refractivity contribution in [1.29, 1.82) is 0 Å². The molecule has 1 N–H and O–H groups in total. The maximum absolute atomic E-state index is 10.2. The van der Waals surface area contributed by atoms with Crippen molar-refractivity contribution in [3.05, 3.63) is 29.8 Å². The topological polar surface area (TPSA) is 32.3 Å². The van der Waals surface area contributed by atoms with Crippen molar-refractivity contribution >= 4 is 12.1 Å². The van der Waals surface area contributed by atoms with Gasteiger partial charge in [0.25, 0.3) is 0 Å². The summed E-state index contributed by atoms with van der Waals surface area (Å²) in [4.78, 5) is 12.6. The fourth-order valence-electron chi connectivity index (χ4n) is 2.25. The van der Waals surface area contributed by atoms with E-state index in [1.165, 1.54) is 18.5 Å². The Balaban J connectivity index is 1.95. The zero-order valence-corrected chi connectivity index (χ0v) is 10.4. The summed E-state index contributed by atoms with van der Waals surface area (Å²) in [5.41, 5.74) is 2.44. The Labute approximate surface area is 103 Å². The van der Waals surface area contributed by atoms with Gasteiger partial charge in [0.15, 0.2) is 0 Å². The maximum Gasteiger partial charge on any atom is 0.207 e. The van der Waals surface area contributed by atoms with Gasteiger partial charge in [-0.05, 0) is 36.5 Å². The number of benzene rings is 1. The van der Waals surface area contributed by atoms with Crippen molar-refractivity contribution in [1.82, 2.24) is 5.32 Å². The maximum atomic E-state index is 10.2. The van der Waals surface area contributed by atoms with E-state index >= 15 is 0 Å². The van der Waals surface area contributed by atoms with Gasteiger partial charge < -0.3 is 10.2 Å². The van der Waals surface area contributed by atoms with Gasteiger partial charge in [-0.2, -0.15) is 0 Å². The molecule has 0 unspecified atom stereocenters. The third-order valence-electron chi connectivity index (χ3n) is 3.47. The summed E-state index contributed by atoms with van der Waals surface area (Å²) in [5, 5.41) is 2.68. The number of nitrogens with zero attached hydrogens (tertiary/aromatic N) is 1. The Morgan fingerprint density at radius 2 is 1.94 bits per heavy atom. The van der Waals surface area contributed by atoms with E-state index in [0.717, 1.165) is 31.0 Å². The Morgan fingerprint density at radius 3 is 2.53 bits per heavy atom. The van der Waals surface area contributed by atoms with Crippen LogP contribution >= 0.6 is 0 Å². The Hall–Kier alpha value is -1.51. The molecule has 0 radical (unpaired) electrons. The third-order valence-corrected chi connectivity index (χ3v) is 3.47. The molecule has 1 amide bonds. The zero-order valence-electron chi connectivity index (χ0n) is 10.4. The molecule has 0 aromatic heterocycles. The molecular formula is C14H20N2O. The van der Waals surface area contributed by atoms with E-state index in [4.69, 9.17) is 0 Å². The lowest BCUT2D eigenvalue weighted by molar-refractivity contribution is -0.109. The van der Waals surface area contributed by atoms with E-state index in [9.17, 15) is 4.79 Å². The second-order valence-corrected chi connectivity index (χ2v) is 4.83. The molecule has 0 bridgehead atoms. The highest BCUT2D eigenvalue weighted by Crippen LogP contribution is 2.23. The first-order valence-corrected chi connectivity index (χ1v) is 6.30. The summed E-state index contributed by atoms with van der Waals surface area (Å²) < 4.78 is 0. The van der Waals surface area contributed by atoms with Crippen molar-refractivity contribution in [3.8, 4) is 0 Å². The number of carbonyl (C=O) groups is 1. The predicted molar refractivity (Wildman–Crippen MR) is 70.0 cm³/mol. The first-order valence-electron chi connectivity index (χ1n) is 6.30. The van der Waals surface area contributed by atoms with Crippen LogP contribution in [0.2, 0.25) is 0 Å². The number of nitrogens with one attached hydrogen (secondary N) is 1. The molecule has 1 aliphatic rings. The quantitative estimate of drug-likeness (QED) is 0.807. The lowest BCUT2D eigenvalue weighted by Gasteiger charge is -2.32. The van der Waals surface area contributed by atoms with Crippen LogP contribution < -0.4 is 10.2 Å². The molecule has 1 saturated heterocycles. The highest BCUT2D eigenvalue weighted by molar-refractivity contribution is 5.49. The summed E-state index contributed by atoms with van der Waals surface area (Å²) in [6, 6.07) is 8.48. The van der Waals surface area contributed by atoms with E-state index < -0.39 is 0 Å². The molecule has 0 spiro atoms. The van der Waals surface area contributed by atoms with E-state index in [2.05, 4.69) is 41.4 Å². The van der Waals surface area contributed by atoms with Crippen molar-refractivity contribution in [2.75, 3.05) is 18.0 Å². The molecule has 3 heteroatoms. The van der Waals surface area contributed by atoms with Gasteiger partial charge in [0.05, 0.1) is 0 Å². The minimum atomic E-state index is 0.612. The molecule has 1 heterocycles. The predicted octanol–water partition coefficient (Wildman–Crippen LogP) is 2.17. The van der Waals surface area contributed by atoms with Crippen molar-refractivity contribution in [2.45, 2.75) is 26.3 Å². The average Bonchev–Trinajstić information content (AvgIpc) is 2.38. The summed E-state index contributed by atoms with van der Waals surface area (Å²) in [7, 11) is 0. The van der Waals surface area contributed by atoms with Gasteiger partial charge >= 0.3 is 0 Å². The number of carbonyl (C=O) groups excluding carboxylic acids is 1. The van der Waals surface area contributed by atoms with Gasteiger partial charge in [0.1, 0.15) is 0 Å². The van der Waals surface area contributed by atoms with Crippen molar-refractivity contribution in [2.24, 2.45) is 5.92 Å². The molecule has 0 saturated carbocycles. The van der Waals surface area contributed by atoms with E-state index in [1.807, 2.05) is 0 Å². The van der Waals surface area contributed by atoms with Crippen LogP contribution in [0.5, 0.6) is 0 Å². The molecule has 17 heavy (non-hydrogen) atoms. The second kappa shape index (κ2) is 5.71. The van der Waals surface area contributed by atoms with E-state index in [0.29, 0.717) is 6.54 Å². The van der Waals surface area contributed by atoms with Crippen molar-refractivity contribution < 1.29 is 4.79 Å². The van der Waals surface area contributed by atoms with Crippen LogP contribution in [0.3, 0.4) is 0 Å². The van der Waals surface area contributed by atoms with E-state index in [-0.39, 0.29) is 0 Å². The SMILES string of the molecule is CC1CCN(c2ccc(CNC=O)cc2)CC1. The highest BCUT2D eigenvalue weighted by Gasteiger charge is 2.15. The van der Waals surface area contributed by atoms with Crippen LogP contribution in [0.4, 0.5) is 5.69 Å². The number of anilines is 1. The molecule has 1 fully saturated rings.